The van der Waals surface area contributed by atoms with Crippen LogP contribution in [0.25, 0.3) is 11.3 Å². The number of carboxylic acid groups (broad SMARTS) is 1. The normalized spacial score (nSPS) is 10.3. The molecular weight excluding hydrogens is 204 g/mol. The second-order valence-electron chi connectivity index (χ2n) is 3.61. The van der Waals surface area contributed by atoms with Crippen LogP contribution in [0.1, 0.15) is 5.56 Å². The van der Waals surface area contributed by atoms with Gasteiger partial charge in [0.2, 0.25) is 0 Å². The van der Waals surface area contributed by atoms with Crippen molar-refractivity contribution in [3.63, 3.8) is 0 Å². The fraction of sp³-hybridized carbons (Fsp3) is 0.167. The highest BCUT2D eigenvalue weighted by atomic mass is 16.4. The van der Waals surface area contributed by atoms with E-state index in [0.29, 0.717) is 0 Å². The maximum Gasteiger partial charge on any atom is 0.307 e. The van der Waals surface area contributed by atoms with Crippen LogP contribution in [-0.2, 0) is 18.3 Å². The first-order chi connectivity index (χ1) is 7.66. The van der Waals surface area contributed by atoms with Gasteiger partial charge in [-0.05, 0) is 17.7 Å². The molecule has 1 N–H and O–H groups in total. The average molecular weight is 216 g/mol. The van der Waals surface area contributed by atoms with E-state index < -0.39 is 5.97 Å². The second kappa shape index (κ2) is 4.18. The van der Waals surface area contributed by atoms with Crippen molar-refractivity contribution in [1.29, 1.82) is 0 Å². The Morgan fingerprint density at radius 3 is 2.88 bits per heavy atom. The first kappa shape index (κ1) is 10.4. The molecule has 0 radical (unpaired) electrons. The Balaban J connectivity index is 2.36. The predicted molar refractivity (Wildman–Crippen MR) is 60.0 cm³/mol. The van der Waals surface area contributed by atoms with E-state index in [9.17, 15) is 4.79 Å². The van der Waals surface area contributed by atoms with E-state index in [4.69, 9.17) is 5.11 Å². The number of aliphatic carboxylic acids is 1. The number of carbonyl (C=O) groups is 1. The van der Waals surface area contributed by atoms with Crippen LogP contribution in [0.3, 0.4) is 0 Å². The van der Waals surface area contributed by atoms with Crippen LogP contribution in [0.2, 0.25) is 0 Å². The van der Waals surface area contributed by atoms with Gasteiger partial charge in [-0.3, -0.25) is 9.48 Å². The van der Waals surface area contributed by atoms with Crippen molar-refractivity contribution in [2.75, 3.05) is 0 Å². The monoisotopic (exact) mass is 216 g/mol. The van der Waals surface area contributed by atoms with Crippen LogP contribution in [0.4, 0.5) is 0 Å². The summed E-state index contributed by atoms with van der Waals surface area (Å²) in [6.45, 7) is 0. The third kappa shape index (κ3) is 2.11. The van der Waals surface area contributed by atoms with E-state index in [0.717, 1.165) is 16.8 Å². The molecule has 1 heterocycles. The van der Waals surface area contributed by atoms with E-state index in [1.165, 1.54) is 0 Å². The van der Waals surface area contributed by atoms with Crippen molar-refractivity contribution in [3.8, 4) is 11.3 Å². The molecule has 0 spiro atoms. The zero-order valence-corrected chi connectivity index (χ0v) is 8.92. The van der Waals surface area contributed by atoms with Crippen molar-refractivity contribution >= 4 is 5.97 Å². The lowest BCUT2D eigenvalue weighted by Gasteiger charge is -2.04. The SMILES string of the molecule is Cn1nccc1-c1cccc(CC(=O)O)c1. The first-order valence-corrected chi connectivity index (χ1v) is 4.96. The summed E-state index contributed by atoms with van der Waals surface area (Å²) in [4.78, 5) is 10.6. The molecule has 82 valence electrons. The van der Waals surface area contributed by atoms with Gasteiger partial charge in [0.25, 0.3) is 0 Å². The lowest BCUT2D eigenvalue weighted by molar-refractivity contribution is -0.136. The Kier molecular flexibility index (Phi) is 2.72. The van der Waals surface area contributed by atoms with E-state index in [-0.39, 0.29) is 6.42 Å². The van der Waals surface area contributed by atoms with Crippen LogP contribution in [0.5, 0.6) is 0 Å². The Hall–Kier alpha value is -2.10. The summed E-state index contributed by atoms with van der Waals surface area (Å²) in [5, 5.41) is 12.8. The summed E-state index contributed by atoms with van der Waals surface area (Å²) in [6.07, 6.45) is 1.77. The van der Waals surface area contributed by atoms with Gasteiger partial charge in [0.15, 0.2) is 0 Å². The van der Waals surface area contributed by atoms with E-state index in [1.54, 1.807) is 10.9 Å². The Morgan fingerprint density at radius 1 is 1.44 bits per heavy atom. The van der Waals surface area contributed by atoms with Gasteiger partial charge in [-0.25, -0.2) is 0 Å². The molecule has 4 nitrogen and oxygen atoms in total. The number of aryl methyl sites for hydroxylation is 1. The summed E-state index contributed by atoms with van der Waals surface area (Å²) in [7, 11) is 1.86. The molecule has 0 aliphatic rings. The maximum absolute atomic E-state index is 10.6. The molecule has 4 heteroatoms. The number of aromatic nitrogens is 2. The van der Waals surface area contributed by atoms with Crippen molar-refractivity contribution in [3.05, 3.63) is 42.1 Å². The van der Waals surface area contributed by atoms with Crippen LogP contribution in [-0.4, -0.2) is 20.9 Å². The Labute approximate surface area is 93.1 Å². The topological polar surface area (TPSA) is 55.1 Å². The van der Waals surface area contributed by atoms with Gasteiger partial charge in [-0.15, -0.1) is 0 Å². The lowest BCUT2D eigenvalue weighted by Crippen LogP contribution is -2.00. The number of carboxylic acids is 1. The van der Waals surface area contributed by atoms with Gasteiger partial charge in [0.1, 0.15) is 0 Å². The number of hydrogen-bond donors (Lipinski definition) is 1. The van der Waals surface area contributed by atoms with Crippen molar-refractivity contribution in [2.24, 2.45) is 7.05 Å². The molecule has 2 aromatic rings. The lowest BCUT2D eigenvalue weighted by atomic mass is 10.1. The van der Waals surface area contributed by atoms with Crippen LogP contribution in [0, 0.1) is 0 Å². The third-order valence-electron chi connectivity index (χ3n) is 2.40. The van der Waals surface area contributed by atoms with Crippen LogP contribution >= 0.6 is 0 Å². The molecule has 0 amide bonds. The highest BCUT2D eigenvalue weighted by molar-refractivity contribution is 5.71. The van der Waals surface area contributed by atoms with Gasteiger partial charge >= 0.3 is 5.97 Å². The molecule has 0 unspecified atom stereocenters. The van der Waals surface area contributed by atoms with Crippen molar-refractivity contribution < 1.29 is 9.90 Å². The molecule has 0 fully saturated rings. The standard InChI is InChI=1S/C12H12N2O2/c1-14-11(5-6-13-14)10-4-2-3-9(7-10)8-12(15)16/h2-7H,8H2,1H3,(H,15,16). The summed E-state index contributed by atoms with van der Waals surface area (Å²) >= 11 is 0. The van der Waals surface area contributed by atoms with Gasteiger partial charge < -0.3 is 5.11 Å². The fourth-order valence-electron chi connectivity index (χ4n) is 1.67. The zero-order chi connectivity index (χ0) is 11.5. The Morgan fingerprint density at radius 2 is 2.25 bits per heavy atom. The van der Waals surface area contributed by atoms with Gasteiger partial charge in [0, 0.05) is 18.8 Å². The highest BCUT2D eigenvalue weighted by Gasteiger charge is 2.05. The smallest absolute Gasteiger partial charge is 0.307 e. The highest BCUT2D eigenvalue weighted by Crippen LogP contribution is 2.19. The number of nitrogens with zero attached hydrogens (tertiary/aromatic N) is 2. The van der Waals surface area contributed by atoms with Crippen LogP contribution < -0.4 is 0 Å². The molecule has 0 aliphatic carbocycles. The average Bonchev–Trinajstić information content (AvgIpc) is 2.64. The summed E-state index contributed by atoms with van der Waals surface area (Å²) < 4.78 is 1.76. The molecule has 2 rings (SSSR count). The summed E-state index contributed by atoms with van der Waals surface area (Å²) in [6, 6.07) is 9.40. The minimum Gasteiger partial charge on any atom is -0.481 e. The third-order valence-corrected chi connectivity index (χ3v) is 2.40. The first-order valence-electron chi connectivity index (χ1n) is 4.96. The number of benzene rings is 1. The minimum atomic E-state index is -0.817. The molecule has 0 saturated heterocycles. The number of rotatable bonds is 3. The van der Waals surface area contributed by atoms with Crippen molar-refractivity contribution in [1.82, 2.24) is 9.78 Å². The predicted octanol–water partition coefficient (Wildman–Crippen LogP) is 1.71. The van der Waals surface area contributed by atoms with Crippen LogP contribution in [0.15, 0.2) is 36.5 Å². The molecule has 0 atom stereocenters. The van der Waals surface area contributed by atoms with Gasteiger partial charge in [-0.1, -0.05) is 18.2 Å². The second-order valence-corrected chi connectivity index (χ2v) is 3.61. The van der Waals surface area contributed by atoms with Gasteiger partial charge in [0.05, 0.1) is 12.1 Å². The van der Waals surface area contributed by atoms with E-state index in [2.05, 4.69) is 5.10 Å². The van der Waals surface area contributed by atoms with E-state index in [1.807, 2.05) is 37.4 Å². The molecule has 1 aromatic heterocycles. The largest absolute Gasteiger partial charge is 0.481 e. The maximum atomic E-state index is 10.6. The minimum absolute atomic E-state index is 0.0473. The van der Waals surface area contributed by atoms with Crippen molar-refractivity contribution in [2.45, 2.75) is 6.42 Å². The fourth-order valence-corrected chi connectivity index (χ4v) is 1.67. The number of hydrogen-bond acceptors (Lipinski definition) is 2. The van der Waals surface area contributed by atoms with E-state index >= 15 is 0 Å². The molecule has 1 aromatic carbocycles. The van der Waals surface area contributed by atoms with Gasteiger partial charge in [-0.2, -0.15) is 5.10 Å². The molecule has 16 heavy (non-hydrogen) atoms. The molecular formula is C12H12N2O2. The summed E-state index contributed by atoms with van der Waals surface area (Å²) in [5.74, 6) is -0.817. The molecule has 0 bridgehead atoms. The quantitative estimate of drug-likeness (QED) is 0.849. The Bertz CT molecular complexity index is 517. The summed E-state index contributed by atoms with van der Waals surface area (Å²) in [5.41, 5.74) is 2.76. The molecule has 0 saturated carbocycles. The molecule has 0 aliphatic heterocycles. The zero-order valence-electron chi connectivity index (χ0n) is 8.92.